The van der Waals surface area contributed by atoms with Crippen LogP contribution in [0.2, 0.25) is 10.0 Å². The maximum absolute atomic E-state index is 9.93. The van der Waals surface area contributed by atoms with Gasteiger partial charge in [-0.1, -0.05) is 35.3 Å². The highest BCUT2D eigenvalue weighted by Crippen LogP contribution is 2.24. The van der Waals surface area contributed by atoms with Crippen molar-refractivity contribution in [2.24, 2.45) is 0 Å². The Labute approximate surface area is 147 Å². The summed E-state index contributed by atoms with van der Waals surface area (Å²) in [4.78, 5) is 0. The van der Waals surface area contributed by atoms with E-state index in [0.717, 1.165) is 9.26 Å². The molecule has 2 N–H and O–H groups in total. The normalized spacial score (nSPS) is 12.0. The minimum Gasteiger partial charge on any atom is -0.489 e. The van der Waals surface area contributed by atoms with Crippen molar-refractivity contribution in [2.75, 3.05) is 18.5 Å². The van der Waals surface area contributed by atoms with E-state index in [0.29, 0.717) is 22.3 Å². The fourth-order valence-corrected chi connectivity index (χ4v) is 2.78. The minimum atomic E-state index is -0.670. The Kier molecular flexibility index (Phi) is 6.41. The lowest BCUT2D eigenvalue weighted by Gasteiger charge is -2.15. The van der Waals surface area contributed by atoms with Gasteiger partial charge in [0.05, 0.1) is 15.7 Å². The third-order valence-electron chi connectivity index (χ3n) is 2.73. The number of hydrogen-bond acceptors (Lipinski definition) is 3. The summed E-state index contributed by atoms with van der Waals surface area (Å²) in [5.74, 6) is 0.561. The summed E-state index contributed by atoms with van der Waals surface area (Å²) < 4.78 is 6.54. The Morgan fingerprint density at radius 1 is 1.14 bits per heavy atom. The van der Waals surface area contributed by atoms with Gasteiger partial charge in [0.1, 0.15) is 18.5 Å². The number of hydrogen-bond donors (Lipinski definition) is 2. The fraction of sp³-hybridized carbons (Fsp3) is 0.200. The van der Waals surface area contributed by atoms with E-state index >= 15 is 0 Å². The van der Waals surface area contributed by atoms with Crippen LogP contribution >= 0.6 is 45.8 Å². The van der Waals surface area contributed by atoms with E-state index in [4.69, 9.17) is 27.9 Å². The smallest absolute Gasteiger partial charge is 0.138 e. The molecule has 2 aromatic carbocycles. The number of para-hydroxylation sites is 1. The van der Waals surface area contributed by atoms with Gasteiger partial charge in [-0.05, 0) is 52.9 Å². The van der Waals surface area contributed by atoms with Crippen molar-refractivity contribution in [3.8, 4) is 5.75 Å². The Bertz CT molecular complexity index is 610. The van der Waals surface area contributed by atoms with Gasteiger partial charge in [0, 0.05) is 10.1 Å². The molecular weight excluding hydrogens is 424 g/mol. The van der Waals surface area contributed by atoms with Crippen LogP contribution in [0.1, 0.15) is 0 Å². The second kappa shape index (κ2) is 8.08. The van der Waals surface area contributed by atoms with Gasteiger partial charge in [0.25, 0.3) is 0 Å². The Hall–Kier alpha value is -0.690. The SMILES string of the molecule is OC(CNc1ccc(I)cc1Cl)COc1ccccc1Cl. The van der Waals surface area contributed by atoms with E-state index in [9.17, 15) is 5.11 Å². The van der Waals surface area contributed by atoms with E-state index in [1.54, 1.807) is 12.1 Å². The molecule has 0 aromatic heterocycles. The Balaban J connectivity index is 1.82. The summed E-state index contributed by atoms with van der Waals surface area (Å²) in [7, 11) is 0. The third kappa shape index (κ3) is 5.21. The molecule has 0 bridgehead atoms. The van der Waals surface area contributed by atoms with Crippen LogP contribution in [0, 0.1) is 3.57 Å². The van der Waals surface area contributed by atoms with Crippen LogP contribution in [0.3, 0.4) is 0 Å². The van der Waals surface area contributed by atoms with E-state index < -0.39 is 6.10 Å². The molecule has 112 valence electrons. The molecule has 0 amide bonds. The van der Waals surface area contributed by atoms with Crippen molar-refractivity contribution in [3.63, 3.8) is 0 Å². The standard InChI is InChI=1S/C15H14Cl2INO2/c16-12-3-1-2-4-15(12)21-9-11(20)8-19-14-6-5-10(18)7-13(14)17/h1-7,11,19-20H,8-9H2. The van der Waals surface area contributed by atoms with Gasteiger partial charge in [-0.2, -0.15) is 0 Å². The van der Waals surface area contributed by atoms with Gasteiger partial charge in [-0.15, -0.1) is 0 Å². The van der Waals surface area contributed by atoms with E-state index in [1.165, 1.54) is 0 Å². The van der Waals surface area contributed by atoms with Crippen LogP contribution in [0.15, 0.2) is 42.5 Å². The lowest BCUT2D eigenvalue weighted by molar-refractivity contribution is 0.117. The molecule has 0 saturated heterocycles. The summed E-state index contributed by atoms with van der Waals surface area (Å²) in [6.45, 7) is 0.490. The molecule has 2 aromatic rings. The van der Waals surface area contributed by atoms with Gasteiger partial charge in [-0.25, -0.2) is 0 Å². The number of nitrogens with one attached hydrogen (secondary N) is 1. The van der Waals surface area contributed by atoms with Crippen molar-refractivity contribution in [2.45, 2.75) is 6.10 Å². The first-order valence-corrected chi connectivity index (χ1v) is 8.14. The second-order valence-electron chi connectivity index (χ2n) is 4.40. The van der Waals surface area contributed by atoms with Gasteiger partial charge in [0.2, 0.25) is 0 Å². The first-order valence-electron chi connectivity index (χ1n) is 6.30. The number of ether oxygens (including phenoxy) is 1. The molecule has 0 fully saturated rings. The molecule has 1 unspecified atom stereocenters. The van der Waals surface area contributed by atoms with Gasteiger partial charge >= 0.3 is 0 Å². The summed E-state index contributed by atoms with van der Waals surface area (Å²) in [6.07, 6.45) is -0.670. The van der Waals surface area contributed by atoms with Crippen LogP contribution in [-0.2, 0) is 0 Å². The third-order valence-corrected chi connectivity index (χ3v) is 4.02. The largest absolute Gasteiger partial charge is 0.489 e. The Morgan fingerprint density at radius 2 is 1.90 bits per heavy atom. The van der Waals surface area contributed by atoms with E-state index in [2.05, 4.69) is 27.9 Å². The minimum absolute atomic E-state index is 0.152. The number of aliphatic hydroxyl groups is 1. The molecule has 0 spiro atoms. The zero-order valence-electron chi connectivity index (χ0n) is 11.0. The molecule has 0 aliphatic heterocycles. The lowest BCUT2D eigenvalue weighted by atomic mass is 10.3. The predicted octanol–water partition coefficient (Wildman–Crippen LogP) is 4.45. The molecule has 1 atom stereocenters. The monoisotopic (exact) mass is 437 g/mol. The topological polar surface area (TPSA) is 41.5 Å². The molecule has 2 rings (SSSR count). The van der Waals surface area contributed by atoms with Gasteiger partial charge in [-0.3, -0.25) is 0 Å². The van der Waals surface area contributed by atoms with Crippen LogP contribution in [0.4, 0.5) is 5.69 Å². The Morgan fingerprint density at radius 3 is 2.62 bits per heavy atom. The van der Waals surface area contributed by atoms with Crippen molar-refractivity contribution >= 4 is 51.5 Å². The highest BCUT2D eigenvalue weighted by Gasteiger charge is 2.08. The van der Waals surface area contributed by atoms with Crippen molar-refractivity contribution in [3.05, 3.63) is 56.1 Å². The predicted molar refractivity (Wildman–Crippen MR) is 95.6 cm³/mol. The van der Waals surface area contributed by atoms with E-state index in [-0.39, 0.29) is 6.61 Å². The maximum atomic E-state index is 9.93. The fourth-order valence-electron chi connectivity index (χ4n) is 1.67. The molecule has 0 aliphatic carbocycles. The van der Waals surface area contributed by atoms with Crippen LogP contribution in [-0.4, -0.2) is 24.4 Å². The van der Waals surface area contributed by atoms with Crippen LogP contribution in [0.5, 0.6) is 5.75 Å². The van der Waals surface area contributed by atoms with E-state index in [1.807, 2.05) is 30.3 Å². The summed E-state index contributed by atoms with van der Waals surface area (Å²) in [5.41, 5.74) is 0.786. The second-order valence-corrected chi connectivity index (χ2v) is 6.46. The maximum Gasteiger partial charge on any atom is 0.138 e. The number of benzene rings is 2. The number of halogens is 3. The first-order chi connectivity index (χ1) is 10.1. The van der Waals surface area contributed by atoms with Crippen molar-refractivity contribution in [1.29, 1.82) is 0 Å². The molecule has 3 nitrogen and oxygen atoms in total. The van der Waals surface area contributed by atoms with Crippen molar-refractivity contribution < 1.29 is 9.84 Å². The average Bonchev–Trinajstić information content (AvgIpc) is 2.45. The molecular formula is C15H14Cl2INO2. The zero-order valence-corrected chi connectivity index (χ0v) is 14.7. The lowest BCUT2D eigenvalue weighted by Crippen LogP contribution is -2.26. The molecule has 6 heteroatoms. The number of aliphatic hydroxyl groups excluding tert-OH is 1. The summed E-state index contributed by atoms with van der Waals surface area (Å²) >= 11 is 14.3. The molecule has 0 radical (unpaired) electrons. The molecule has 21 heavy (non-hydrogen) atoms. The first kappa shape index (κ1) is 16.7. The van der Waals surface area contributed by atoms with Crippen LogP contribution < -0.4 is 10.1 Å². The molecule has 0 saturated carbocycles. The van der Waals surface area contributed by atoms with Crippen molar-refractivity contribution in [1.82, 2.24) is 0 Å². The summed E-state index contributed by atoms with van der Waals surface area (Å²) in [5, 5.41) is 14.2. The van der Waals surface area contributed by atoms with Gasteiger partial charge in [0.15, 0.2) is 0 Å². The average molecular weight is 438 g/mol. The highest BCUT2D eigenvalue weighted by molar-refractivity contribution is 14.1. The highest BCUT2D eigenvalue weighted by atomic mass is 127. The van der Waals surface area contributed by atoms with Crippen LogP contribution in [0.25, 0.3) is 0 Å². The van der Waals surface area contributed by atoms with Gasteiger partial charge < -0.3 is 15.2 Å². The number of anilines is 1. The summed E-state index contributed by atoms with van der Waals surface area (Å²) in [6, 6.07) is 12.8. The quantitative estimate of drug-likeness (QED) is 0.656. The molecule has 0 aliphatic rings. The number of rotatable bonds is 6. The molecule has 0 heterocycles. The zero-order chi connectivity index (χ0) is 15.2.